The van der Waals surface area contributed by atoms with Gasteiger partial charge in [0.25, 0.3) is 0 Å². The summed E-state index contributed by atoms with van der Waals surface area (Å²) in [5.74, 6) is -0.784. The summed E-state index contributed by atoms with van der Waals surface area (Å²) < 4.78 is 5.10. The average Bonchev–Trinajstić information content (AvgIpc) is 2.29. The van der Waals surface area contributed by atoms with E-state index in [1.165, 1.54) is 14.0 Å². The molecule has 0 aliphatic rings. The van der Waals surface area contributed by atoms with Gasteiger partial charge in [0.05, 0.1) is 13.5 Å². The van der Waals surface area contributed by atoms with Gasteiger partial charge in [0.1, 0.15) is 11.8 Å². The molecule has 0 spiro atoms. The third-order valence-corrected chi connectivity index (χ3v) is 2.29. The Bertz CT molecular complexity index is 417. The molecule has 2 N–H and O–H groups in total. The second-order valence-electron chi connectivity index (χ2n) is 3.62. The number of amides is 1. The van der Waals surface area contributed by atoms with Crippen molar-refractivity contribution in [2.45, 2.75) is 19.4 Å². The Balaban J connectivity index is 2.65. The molecule has 5 nitrogen and oxygen atoms in total. The quantitative estimate of drug-likeness (QED) is 0.795. The van der Waals surface area contributed by atoms with Crippen LogP contribution in [0.4, 0.5) is 0 Å². The highest BCUT2D eigenvalue weighted by atomic mass is 16.5. The SMILES string of the molecule is COc1ccccc1CC(=O)NC(C)C(=O)O. The highest BCUT2D eigenvalue weighted by Crippen LogP contribution is 2.17. The summed E-state index contributed by atoms with van der Waals surface area (Å²) in [4.78, 5) is 22.1. The summed E-state index contributed by atoms with van der Waals surface area (Å²) in [7, 11) is 1.52. The van der Waals surface area contributed by atoms with Gasteiger partial charge in [-0.1, -0.05) is 18.2 Å². The number of benzene rings is 1. The standard InChI is InChI=1S/C12H15NO4/c1-8(12(15)16)13-11(14)7-9-5-3-4-6-10(9)17-2/h3-6,8H,7H2,1-2H3,(H,13,14)(H,15,16). The second-order valence-corrected chi connectivity index (χ2v) is 3.62. The van der Waals surface area contributed by atoms with Crippen molar-refractivity contribution in [2.75, 3.05) is 7.11 Å². The molecule has 17 heavy (non-hydrogen) atoms. The fourth-order valence-corrected chi connectivity index (χ4v) is 1.38. The van der Waals surface area contributed by atoms with Gasteiger partial charge < -0.3 is 15.2 Å². The molecular weight excluding hydrogens is 222 g/mol. The van der Waals surface area contributed by atoms with Crippen LogP contribution < -0.4 is 10.1 Å². The number of hydrogen-bond donors (Lipinski definition) is 2. The smallest absolute Gasteiger partial charge is 0.325 e. The van der Waals surface area contributed by atoms with Crippen LogP contribution in [-0.2, 0) is 16.0 Å². The second kappa shape index (κ2) is 5.89. The van der Waals surface area contributed by atoms with E-state index in [1.54, 1.807) is 24.3 Å². The van der Waals surface area contributed by atoms with Gasteiger partial charge in [-0.15, -0.1) is 0 Å². The fourth-order valence-electron chi connectivity index (χ4n) is 1.38. The minimum atomic E-state index is -1.06. The third-order valence-electron chi connectivity index (χ3n) is 2.29. The molecule has 1 aromatic carbocycles. The van der Waals surface area contributed by atoms with Crippen LogP contribution in [0.3, 0.4) is 0 Å². The molecule has 0 aliphatic carbocycles. The summed E-state index contributed by atoms with van der Waals surface area (Å²) in [5.41, 5.74) is 0.727. The summed E-state index contributed by atoms with van der Waals surface area (Å²) in [6.07, 6.45) is 0.0988. The Morgan fingerprint density at radius 3 is 2.65 bits per heavy atom. The van der Waals surface area contributed by atoms with Crippen LogP contribution in [-0.4, -0.2) is 30.1 Å². The summed E-state index contributed by atoms with van der Waals surface area (Å²) in [6.45, 7) is 1.42. The molecule has 1 atom stereocenters. The van der Waals surface area contributed by atoms with E-state index in [2.05, 4.69) is 5.32 Å². The Labute approximate surface area is 99.4 Å². The molecular formula is C12H15NO4. The zero-order chi connectivity index (χ0) is 12.8. The molecule has 1 rings (SSSR count). The van der Waals surface area contributed by atoms with E-state index in [9.17, 15) is 9.59 Å². The number of aliphatic carboxylic acids is 1. The Morgan fingerprint density at radius 1 is 1.41 bits per heavy atom. The maximum atomic E-state index is 11.6. The van der Waals surface area contributed by atoms with Gasteiger partial charge in [-0.25, -0.2) is 0 Å². The van der Waals surface area contributed by atoms with E-state index in [0.717, 1.165) is 5.56 Å². The molecule has 0 heterocycles. The molecule has 1 amide bonds. The lowest BCUT2D eigenvalue weighted by Crippen LogP contribution is -2.39. The maximum absolute atomic E-state index is 11.6. The molecule has 0 bridgehead atoms. The Morgan fingerprint density at radius 2 is 2.06 bits per heavy atom. The molecule has 0 saturated heterocycles. The van der Waals surface area contributed by atoms with E-state index in [0.29, 0.717) is 5.75 Å². The van der Waals surface area contributed by atoms with Crippen LogP contribution in [0, 0.1) is 0 Å². The van der Waals surface area contributed by atoms with Gasteiger partial charge in [0.15, 0.2) is 0 Å². The number of para-hydroxylation sites is 1. The van der Waals surface area contributed by atoms with Gasteiger partial charge in [-0.2, -0.15) is 0 Å². The molecule has 92 valence electrons. The third kappa shape index (κ3) is 3.79. The highest BCUT2D eigenvalue weighted by Gasteiger charge is 2.15. The van der Waals surface area contributed by atoms with E-state index in [4.69, 9.17) is 9.84 Å². The van der Waals surface area contributed by atoms with E-state index >= 15 is 0 Å². The van der Waals surface area contributed by atoms with Crippen molar-refractivity contribution in [2.24, 2.45) is 0 Å². The molecule has 0 radical (unpaired) electrons. The van der Waals surface area contributed by atoms with Crippen molar-refractivity contribution in [3.05, 3.63) is 29.8 Å². The number of carbonyl (C=O) groups is 2. The van der Waals surface area contributed by atoms with Crippen LogP contribution in [0.25, 0.3) is 0 Å². The number of hydrogen-bond acceptors (Lipinski definition) is 3. The normalized spacial score (nSPS) is 11.6. The first-order chi connectivity index (χ1) is 8.04. The zero-order valence-electron chi connectivity index (χ0n) is 9.77. The van der Waals surface area contributed by atoms with E-state index in [1.807, 2.05) is 0 Å². The topological polar surface area (TPSA) is 75.6 Å². The van der Waals surface area contributed by atoms with Crippen molar-refractivity contribution in [1.82, 2.24) is 5.32 Å². The van der Waals surface area contributed by atoms with Gasteiger partial charge in [-0.3, -0.25) is 9.59 Å². The van der Waals surface area contributed by atoms with E-state index in [-0.39, 0.29) is 12.3 Å². The minimum Gasteiger partial charge on any atom is -0.496 e. The number of rotatable bonds is 5. The predicted octanol–water partition coefficient (Wildman–Crippen LogP) is 0.827. The summed E-state index contributed by atoms with van der Waals surface area (Å²) in [6, 6.07) is 6.23. The number of ether oxygens (including phenoxy) is 1. The number of carboxylic acid groups (broad SMARTS) is 1. The van der Waals surface area contributed by atoms with Crippen molar-refractivity contribution < 1.29 is 19.4 Å². The Hall–Kier alpha value is -2.04. The lowest BCUT2D eigenvalue weighted by molar-refractivity contribution is -0.141. The Kier molecular flexibility index (Phi) is 4.51. The lowest BCUT2D eigenvalue weighted by Gasteiger charge is -2.11. The van der Waals surface area contributed by atoms with Crippen LogP contribution in [0.5, 0.6) is 5.75 Å². The molecule has 5 heteroatoms. The molecule has 0 aromatic heterocycles. The first kappa shape index (κ1) is 13.0. The van der Waals surface area contributed by atoms with Crippen molar-refractivity contribution in [3.63, 3.8) is 0 Å². The number of methoxy groups -OCH3 is 1. The molecule has 1 aromatic rings. The lowest BCUT2D eigenvalue weighted by atomic mass is 10.1. The van der Waals surface area contributed by atoms with Crippen LogP contribution in [0.1, 0.15) is 12.5 Å². The van der Waals surface area contributed by atoms with Gasteiger partial charge in [0.2, 0.25) is 5.91 Å². The van der Waals surface area contributed by atoms with Crippen molar-refractivity contribution in [3.8, 4) is 5.75 Å². The number of carboxylic acids is 1. The predicted molar refractivity (Wildman–Crippen MR) is 61.9 cm³/mol. The molecule has 0 aliphatic heterocycles. The monoisotopic (exact) mass is 237 g/mol. The minimum absolute atomic E-state index is 0.0988. The van der Waals surface area contributed by atoms with Gasteiger partial charge in [0, 0.05) is 5.56 Å². The van der Waals surface area contributed by atoms with Gasteiger partial charge >= 0.3 is 5.97 Å². The molecule has 1 unspecified atom stereocenters. The average molecular weight is 237 g/mol. The zero-order valence-corrected chi connectivity index (χ0v) is 9.77. The first-order valence-electron chi connectivity index (χ1n) is 5.18. The fraction of sp³-hybridized carbons (Fsp3) is 0.333. The van der Waals surface area contributed by atoms with E-state index < -0.39 is 12.0 Å². The number of carbonyl (C=O) groups excluding carboxylic acids is 1. The number of nitrogens with one attached hydrogen (secondary N) is 1. The van der Waals surface area contributed by atoms with Crippen LogP contribution in [0.15, 0.2) is 24.3 Å². The van der Waals surface area contributed by atoms with Crippen molar-refractivity contribution >= 4 is 11.9 Å². The maximum Gasteiger partial charge on any atom is 0.325 e. The van der Waals surface area contributed by atoms with Crippen LogP contribution >= 0.6 is 0 Å². The largest absolute Gasteiger partial charge is 0.496 e. The first-order valence-corrected chi connectivity index (χ1v) is 5.18. The molecule has 0 fully saturated rings. The van der Waals surface area contributed by atoms with Gasteiger partial charge in [-0.05, 0) is 13.0 Å². The van der Waals surface area contributed by atoms with Crippen LogP contribution in [0.2, 0.25) is 0 Å². The summed E-state index contributed by atoms with van der Waals surface area (Å²) in [5, 5.41) is 11.0. The van der Waals surface area contributed by atoms with Crippen molar-refractivity contribution in [1.29, 1.82) is 0 Å². The molecule has 0 saturated carbocycles. The summed E-state index contributed by atoms with van der Waals surface area (Å²) >= 11 is 0. The highest BCUT2D eigenvalue weighted by molar-refractivity contribution is 5.84.